The Morgan fingerprint density at radius 2 is 2.11 bits per heavy atom. The monoisotopic (exact) mass is 334 g/mol. The summed E-state index contributed by atoms with van der Waals surface area (Å²) in [5.74, 6) is 0.332. The molecule has 1 aromatic carbocycles. The number of nitrogen functional groups attached to an aromatic ring is 1. The van der Waals surface area contributed by atoms with Crippen LogP contribution in [0.3, 0.4) is 0 Å². The highest BCUT2D eigenvalue weighted by atomic mass is 79.9. The molecule has 8 heteroatoms. The van der Waals surface area contributed by atoms with Crippen LogP contribution in [0.15, 0.2) is 28.9 Å². The van der Waals surface area contributed by atoms with Crippen LogP contribution < -0.4 is 11.1 Å². The molecule has 0 bridgehead atoms. The van der Waals surface area contributed by atoms with Crippen molar-refractivity contribution in [3.05, 3.63) is 40.0 Å². The van der Waals surface area contributed by atoms with Gasteiger partial charge in [0.25, 0.3) is 0 Å². The first-order valence-electron chi connectivity index (χ1n) is 5.26. The molecule has 2 rings (SSSR count). The number of nitrogens with two attached hydrogens (primary N) is 1. The van der Waals surface area contributed by atoms with E-state index in [4.69, 9.17) is 5.73 Å². The van der Waals surface area contributed by atoms with Gasteiger partial charge >= 0.3 is 6.18 Å². The van der Waals surface area contributed by atoms with Gasteiger partial charge in [0.05, 0.1) is 11.8 Å². The van der Waals surface area contributed by atoms with Crippen molar-refractivity contribution in [2.45, 2.75) is 12.7 Å². The zero-order valence-corrected chi connectivity index (χ0v) is 11.1. The maximum Gasteiger partial charge on any atom is 0.418 e. The molecule has 102 valence electrons. The Kier molecular flexibility index (Phi) is 3.70. The minimum absolute atomic E-state index is 0.00343. The molecule has 4 N–H and O–H groups in total. The number of aromatic amines is 1. The van der Waals surface area contributed by atoms with E-state index < -0.39 is 11.7 Å². The number of aromatic nitrogens is 2. The average molecular weight is 335 g/mol. The number of alkyl halides is 3. The normalized spacial score (nSPS) is 11.6. The van der Waals surface area contributed by atoms with Crippen molar-refractivity contribution in [1.82, 2.24) is 10.2 Å². The molecule has 0 saturated heterocycles. The SMILES string of the molecule is Nc1[nH]ncc1CNc1ccc(Br)cc1C(F)(F)F. The fourth-order valence-electron chi connectivity index (χ4n) is 1.56. The molecule has 0 spiro atoms. The van der Waals surface area contributed by atoms with Crippen LogP contribution in [0, 0.1) is 0 Å². The van der Waals surface area contributed by atoms with Gasteiger partial charge in [0.2, 0.25) is 0 Å². The summed E-state index contributed by atoms with van der Waals surface area (Å²) in [6, 6.07) is 3.93. The Morgan fingerprint density at radius 3 is 2.68 bits per heavy atom. The summed E-state index contributed by atoms with van der Waals surface area (Å²) in [7, 11) is 0. The van der Waals surface area contributed by atoms with Crippen molar-refractivity contribution in [1.29, 1.82) is 0 Å². The highest BCUT2D eigenvalue weighted by Crippen LogP contribution is 2.36. The largest absolute Gasteiger partial charge is 0.418 e. The van der Waals surface area contributed by atoms with Crippen LogP contribution in [0.25, 0.3) is 0 Å². The third-order valence-corrected chi connectivity index (χ3v) is 3.00. The van der Waals surface area contributed by atoms with Crippen LogP contribution in [-0.4, -0.2) is 10.2 Å². The molecule has 19 heavy (non-hydrogen) atoms. The van der Waals surface area contributed by atoms with Crippen LogP contribution in [0.2, 0.25) is 0 Å². The molecule has 0 radical (unpaired) electrons. The van der Waals surface area contributed by atoms with E-state index in [1.807, 2.05) is 0 Å². The van der Waals surface area contributed by atoms with Crippen LogP contribution in [-0.2, 0) is 12.7 Å². The first kappa shape index (κ1) is 13.7. The van der Waals surface area contributed by atoms with E-state index in [0.29, 0.717) is 15.9 Å². The number of anilines is 2. The van der Waals surface area contributed by atoms with Crippen LogP contribution in [0.4, 0.5) is 24.7 Å². The topological polar surface area (TPSA) is 66.7 Å². The second-order valence-electron chi connectivity index (χ2n) is 3.85. The van der Waals surface area contributed by atoms with E-state index >= 15 is 0 Å². The number of halogens is 4. The fourth-order valence-corrected chi connectivity index (χ4v) is 1.92. The van der Waals surface area contributed by atoms with Crippen molar-refractivity contribution in [2.24, 2.45) is 0 Å². The van der Waals surface area contributed by atoms with E-state index in [2.05, 4.69) is 31.4 Å². The van der Waals surface area contributed by atoms with Gasteiger partial charge in [-0.15, -0.1) is 0 Å². The van der Waals surface area contributed by atoms with Gasteiger partial charge in [-0.05, 0) is 18.2 Å². The third kappa shape index (κ3) is 3.19. The van der Waals surface area contributed by atoms with Gasteiger partial charge in [0.1, 0.15) is 5.82 Å². The van der Waals surface area contributed by atoms with Gasteiger partial charge in [0, 0.05) is 22.3 Å². The lowest BCUT2D eigenvalue weighted by Crippen LogP contribution is -2.11. The van der Waals surface area contributed by atoms with Crippen molar-refractivity contribution in [2.75, 3.05) is 11.1 Å². The Bertz CT molecular complexity index is 580. The first-order chi connectivity index (χ1) is 8.88. The van der Waals surface area contributed by atoms with Crippen molar-refractivity contribution < 1.29 is 13.2 Å². The van der Waals surface area contributed by atoms with Crippen molar-refractivity contribution in [3.8, 4) is 0 Å². The second kappa shape index (κ2) is 5.12. The Hall–Kier alpha value is -1.70. The molecule has 2 aromatic rings. The number of hydrogen-bond acceptors (Lipinski definition) is 3. The van der Waals surface area contributed by atoms with Crippen molar-refractivity contribution >= 4 is 27.4 Å². The van der Waals surface area contributed by atoms with Gasteiger partial charge in [-0.2, -0.15) is 18.3 Å². The van der Waals surface area contributed by atoms with E-state index in [1.54, 1.807) is 0 Å². The van der Waals surface area contributed by atoms with E-state index in [0.717, 1.165) is 6.07 Å². The second-order valence-corrected chi connectivity index (χ2v) is 4.77. The summed E-state index contributed by atoms with van der Waals surface area (Å²) in [5.41, 5.74) is 5.44. The minimum Gasteiger partial charge on any atom is -0.384 e. The van der Waals surface area contributed by atoms with Gasteiger partial charge in [-0.1, -0.05) is 15.9 Å². The zero-order chi connectivity index (χ0) is 14.0. The minimum atomic E-state index is -4.42. The summed E-state index contributed by atoms with van der Waals surface area (Å²) < 4.78 is 39.0. The van der Waals surface area contributed by atoms with Crippen LogP contribution in [0.5, 0.6) is 0 Å². The Balaban J connectivity index is 2.23. The molecular weight excluding hydrogens is 325 g/mol. The lowest BCUT2D eigenvalue weighted by molar-refractivity contribution is -0.137. The van der Waals surface area contributed by atoms with Crippen LogP contribution in [0.1, 0.15) is 11.1 Å². The number of rotatable bonds is 3. The molecule has 0 fully saturated rings. The molecule has 1 aromatic heterocycles. The van der Waals surface area contributed by atoms with Crippen LogP contribution >= 0.6 is 15.9 Å². The maximum absolute atomic E-state index is 12.9. The molecule has 1 heterocycles. The van der Waals surface area contributed by atoms with E-state index in [1.165, 1.54) is 18.3 Å². The molecule has 0 aliphatic heterocycles. The summed E-state index contributed by atoms with van der Waals surface area (Å²) >= 11 is 3.03. The number of hydrogen-bond donors (Lipinski definition) is 3. The first-order valence-corrected chi connectivity index (χ1v) is 6.05. The van der Waals surface area contributed by atoms with Gasteiger partial charge < -0.3 is 11.1 Å². The molecule has 4 nitrogen and oxygen atoms in total. The molecule has 0 amide bonds. The maximum atomic E-state index is 12.9. The summed E-state index contributed by atoms with van der Waals surface area (Å²) in [6.45, 7) is 0.160. The highest BCUT2D eigenvalue weighted by molar-refractivity contribution is 9.10. The average Bonchev–Trinajstić information content (AvgIpc) is 2.72. The predicted octanol–water partition coefficient (Wildman–Crippen LogP) is 3.39. The standard InChI is InChI=1S/C11H10BrF3N4/c12-7-1-2-9(8(3-7)11(13,14)15)17-4-6-5-18-19-10(6)16/h1-3,5,17H,4H2,(H3,16,18,19). The number of H-pyrrole nitrogens is 1. The predicted molar refractivity (Wildman–Crippen MR) is 69.5 cm³/mol. The lowest BCUT2D eigenvalue weighted by Gasteiger charge is -2.14. The fraction of sp³-hybridized carbons (Fsp3) is 0.182. The van der Waals surface area contributed by atoms with Gasteiger partial charge in [0.15, 0.2) is 0 Å². The number of nitrogens with one attached hydrogen (secondary N) is 2. The molecule has 0 saturated carbocycles. The summed E-state index contributed by atoms with van der Waals surface area (Å²) in [5, 5.41) is 8.93. The van der Waals surface area contributed by atoms with E-state index in [-0.39, 0.29) is 12.2 Å². The highest BCUT2D eigenvalue weighted by Gasteiger charge is 2.33. The van der Waals surface area contributed by atoms with Gasteiger partial charge in [-0.3, -0.25) is 5.10 Å². The third-order valence-electron chi connectivity index (χ3n) is 2.51. The zero-order valence-electron chi connectivity index (χ0n) is 9.55. The molecule has 0 unspecified atom stereocenters. The Labute approximate surface area is 115 Å². The lowest BCUT2D eigenvalue weighted by atomic mass is 10.1. The Morgan fingerprint density at radius 1 is 1.37 bits per heavy atom. The van der Waals surface area contributed by atoms with Crippen molar-refractivity contribution in [3.63, 3.8) is 0 Å². The molecule has 0 atom stereocenters. The van der Waals surface area contributed by atoms with Gasteiger partial charge in [-0.25, -0.2) is 0 Å². The summed E-state index contributed by atoms with van der Waals surface area (Å²) in [6.07, 6.45) is -2.96. The molecule has 0 aliphatic carbocycles. The number of nitrogens with zero attached hydrogens (tertiary/aromatic N) is 1. The molecular formula is C11H10BrF3N4. The smallest absolute Gasteiger partial charge is 0.384 e. The summed E-state index contributed by atoms with van der Waals surface area (Å²) in [4.78, 5) is 0. The van der Waals surface area contributed by atoms with E-state index in [9.17, 15) is 13.2 Å². The molecule has 0 aliphatic rings. The quantitative estimate of drug-likeness (QED) is 0.806. The number of benzene rings is 1.